The summed E-state index contributed by atoms with van der Waals surface area (Å²) in [5.74, 6) is 0.190. The highest BCUT2D eigenvalue weighted by Gasteiger charge is 2.19. The molecule has 0 aromatic heterocycles. The van der Waals surface area contributed by atoms with E-state index in [2.05, 4.69) is 5.32 Å². The lowest BCUT2D eigenvalue weighted by atomic mass is 10.1. The van der Waals surface area contributed by atoms with Gasteiger partial charge in [-0.3, -0.25) is 9.59 Å². The second kappa shape index (κ2) is 6.30. The van der Waals surface area contributed by atoms with Crippen LogP contribution in [0.25, 0.3) is 0 Å². The Morgan fingerprint density at radius 1 is 1.26 bits per heavy atom. The van der Waals surface area contributed by atoms with Gasteiger partial charge in [0.25, 0.3) is 11.8 Å². The first-order chi connectivity index (χ1) is 11.0. The maximum Gasteiger partial charge on any atom is 0.262 e. The zero-order valence-corrected chi connectivity index (χ0v) is 13.3. The smallest absolute Gasteiger partial charge is 0.262 e. The minimum absolute atomic E-state index is 0.0365. The Labute approximate surface area is 138 Å². The van der Waals surface area contributed by atoms with Gasteiger partial charge in [-0.2, -0.15) is 0 Å². The number of halogens is 1. The molecule has 1 aliphatic heterocycles. The van der Waals surface area contributed by atoms with Gasteiger partial charge in [0.05, 0.1) is 5.69 Å². The van der Waals surface area contributed by atoms with E-state index in [0.29, 0.717) is 28.6 Å². The predicted molar refractivity (Wildman–Crippen MR) is 87.8 cm³/mol. The molecule has 2 amide bonds. The van der Waals surface area contributed by atoms with Crippen LogP contribution in [0.1, 0.15) is 15.9 Å². The fourth-order valence-corrected chi connectivity index (χ4v) is 2.49. The van der Waals surface area contributed by atoms with Crippen LogP contribution in [-0.4, -0.2) is 30.4 Å². The first-order valence-electron chi connectivity index (χ1n) is 7.09. The van der Waals surface area contributed by atoms with Crippen molar-refractivity contribution < 1.29 is 14.3 Å². The summed E-state index contributed by atoms with van der Waals surface area (Å²) in [7, 11) is 1.74. The summed E-state index contributed by atoms with van der Waals surface area (Å²) < 4.78 is 5.34. The van der Waals surface area contributed by atoms with Crippen LogP contribution in [0.4, 0.5) is 5.69 Å². The van der Waals surface area contributed by atoms with Crippen molar-refractivity contribution in [3.8, 4) is 5.75 Å². The van der Waals surface area contributed by atoms with Crippen molar-refractivity contribution in [3.63, 3.8) is 0 Å². The van der Waals surface area contributed by atoms with Gasteiger partial charge in [0, 0.05) is 24.2 Å². The molecular weight excluding hydrogens is 316 g/mol. The molecule has 0 saturated carbocycles. The van der Waals surface area contributed by atoms with Crippen molar-refractivity contribution >= 4 is 29.1 Å². The minimum Gasteiger partial charge on any atom is -0.482 e. The maximum absolute atomic E-state index is 12.5. The number of carbonyl (C=O) groups excluding carboxylic acids is 2. The fraction of sp³-hybridized carbons (Fsp3) is 0.176. The monoisotopic (exact) mass is 330 g/mol. The number of hydrogen-bond donors (Lipinski definition) is 1. The molecule has 2 aromatic carbocycles. The molecule has 0 atom stereocenters. The van der Waals surface area contributed by atoms with Gasteiger partial charge < -0.3 is 15.0 Å². The fourth-order valence-electron chi connectivity index (χ4n) is 2.36. The van der Waals surface area contributed by atoms with Crippen molar-refractivity contribution in [2.75, 3.05) is 19.0 Å². The molecular formula is C17H15ClN2O3. The molecule has 0 bridgehead atoms. The molecule has 0 radical (unpaired) electrons. The number of amides is 2. The Bertz CT molecular complexity index is 759. The highest BCUT2D eigenvalue weighted by atomic mass is 35.5. The van der Waals surface area contributed by atoms with Crippen LogP contribution in [0, 0.1) is 0 Å². The number of nitrogens with one attached hydrogen (secondary N) is 1. The van der Waals surface area contributed by atoms with E-state index in [1.807, 2.05) is 12.1 Å². The van der Waals surface area contributed by atoms with Crippen LogP contribution in [0.15, 0.2) is 42.5 Å². The Hall–Kier alpha value is -2.53. The van der Waals surface area contributed by atoms with Crippen LogP contribution < -0.4 is 10.1 Å². The van der Waals surface area contributed by atoms with Crippen LogP contribution in [-0.2, 0) is 11.3 Å². The normalized spacial score (nSPS) is 12.9. The van der Waals surface area contributed by atoms with Gasteiger partial charge in [-0.15, -0.1) is 0 Å². The van der Waals surface area contributed by atoms with E-state index in [1.165, 1.54) is 0 Å². The van der Waals surface area contributed by atoms with Crippen molar-refractivity contribution in [2.24, 2.45) is 0 Å². The second-order valence-corrected chi connectivity index (χ2v) is 5.77. The average Bonchev–Trinajstić information content (AvgIpc) is 2.55. The maximum atomic E-state index is 12.5. The lowest BCUT2D eigenvalue weighted by Gasteiger charge is -2.21. The zero-order valence-electron chi connectivity index (χ0n) is 12.5. The highest BCUT2D eigenvalue weighted by molar-refractivity contribution is 6.30. The van der Waals surface area contributed by atoms with E-state index >= 15 is 0 Å². The summed E-state index contributed by atoms with van der Waals surface area (Å²) >= 11 is 5.86. The summed E-state index contributed by atoms with van der Waals surface area (Å²) in [6.07, 6.45) is 0. The molecule has 0 unspecified atom stereocenters. The van der Waals surface area contributed by atoms with Crippen molar-refractivity contribution in [1.82, 2.24) is 4.90 Å². The zero-order chi connectivity index (χ0) is 16.4. The standard InChI is InChI=1S/C17H15ClN2O3/c1-20(9-11-2-5-13(18)6-3-11)17(22)12-4-7-14-15(8-12)23-10-16(21)19-14/h2-8H,9-10H2,1H3,(H,19,21). The van der Waals surface area contributed by atoms with Crippen molar-refractivity contribution in [3.05, 3.63) is 58.6 Å². The highest BCUT2D eigenvalue weighted by Crippen LogP contribution is 2.29. The minimum atomic E-state index is -0.198. The van der Waals surface area contributed by atoms with Crippen molar-refractivity contribution in [1.29, 1.82) is 0 Å². The van der Waals surface area contributed by atoms with E-state index in [0.717, 1.165) is 5.56 Å². The SMILES string of the molecule is CN(Cc1ccc(Cl)cc1)C(=O)c1ccc2c(c1)OCC(=O)N2. The molecule has 0 spiro atoms. The number of rotatable bonds is 3. The van der Waals surface area contributed by atoms with Gasteiger partial charge in [-0.05, 0) is 35.9 Å². The Morgan fingerprint density at radius 2 is 2.00 bits per heavy atom. The summed E-state index contributed by atoms with van der Waals surface area (Å²) in [5.41, 5.74) is 2.08. The average molecular weight is 331 g/mol. The molecule has 1 heterocycles. The van der Waals surface area contributed by atoms with Crippen LogP contribution >= 0.6 is 11.6 Å². The van der Waals surface area contributed by atoms with E-state index < -0.39 is 0 Å². The van der Waals surface area contributed by atoms with E-state index in [4.69, 9.17) is 16.3 Å². The number of ether oxygens (including phenoxy) is 1. The number of hydrogen-bond acceptors (Lipinski definition) is 3. The third kappa shape index (κ3) is 3.46. The Kier molecular flexibility index (Phi) is 4.21. The number of fused-ring (bicyclic) bond motifs is 1. The number of carbonyl (C=O) groups is 2. The van der Waals surface area contributed by atoms with E-state index in [9.17, 15) is 9.59 Å². The summed E-state index contributed by atoms with van der Waals surface area (Å²) in [5, 5.41) is 3.36. The van der Waals surface area contributed by atoms with Gasteiger partial charge in [-0.25, -0.2) is 0 Å². The quantitative estimate of drug-likeness (QED) is 0.941. The second-order valence-electron chi connectivity index (χ2n) is 5.34. The first kappa shape index (κ1) is 15.4. The predicted octanol–water partition coefficient (Wildman–Crippen LogP) is 2.94. The molecule has 2 aromatic rings. The molecule has 6 heteroatoms. The molecule has 0 fully saturated rings. The van der Waals surface area contributed by atoms with Crippen LogP contribution in [0.5, 0.6) is 5.75 Å². The van der Waals surface area contributed by atoms with Gasteiger partial charge >= 0.3 is 0 Å². The molecule has 3 rings (SSSR count). The topological polar surface area (TPSA) is 58.6 Å². The number of nitrogens with zero attached hydrogens (tertiary/aromatic N) is 1. The molecule has 5 nitrogen and oxygen atoms in total. The van der Waals surface area contributed by atoms with Gasteiger partial charge in [0.2, 0.25) is 0 Å². The van der Waals surface area contributed by atoms with E-state index in [-0.39, 0.29) is 18.4 Å². The van der Waals surface area contributed by atoms with Gasteiger partial charge in [0.15, 0.2) is 6.61 Å². The summed E-state index contributed by atoms with van der Waals surface area (Å²) in [4.78, 5) is 25.4. The Balaban J connectivity index is 1.74. The molecule has 1 aliphatic rings. The number of benzene rings is 2. The van der Waals surface area contributed by atoms with Crippen molar-refractivity contribution in [2.45, 2.75) is 6.54 Å². The number of anilines is 1. The van der Waals surface area contributed by atoms with Crippen LogP contribution in [0.3, 0.4) is 0 Å². The molecule has 1 N–H and O–H groups in total. The lowest BCUT2D eigenvalue weighted by Crippen LogP contribution is -2.28. The van der Waals surface area contributed by atoms with E-state index in [1.54, 1.807) is 42.3 Å². The third-order valence-electron chi connectivity index (χ3n) is 3.54. The molecule has 0 aliphatic carbocycles. The molecule has 118 valence electrons. The molecule has 0 saturated heterocycles. The summed E-state index contributed by atoms with van der Waals surface area (Å²) in [6.45, 7) is 0.440. The van der Waals surface area contributed by atoms with Gasteiger partial charge in [-0.1, -0.05) is 23.7 Å². The Morgan fingerprint density at radius 3 is 2.74 bits per heavy atom. The summed E-state index contributed by atoms with van der Waals surface area (Å²) in [6, 6.07) is 12.4. The third-order valence-corrected chi connectivity index (χ3v) is 3.79. The first-order valence-corrected chi connectivity index (χ1v) is 7.47. The van der Waals surface area contributed by atoms with Crippen LogP contribution in [0.2, 0.25) is 5.02 Å². The van der Waals surface area contributed by atoms with Gasteiger partial charge in [0.1, 0.15) is 5.75 Å². The molecule has 23 heavy (non-hydrogen) atoms. The largest absolute Gasteiger partial charge is 0.482 e. The lowest BCUT2D eigenvalue weighted by molar-refractivity contribution is -0.118.